The Bertz CT molecular complexity index is 414. The summed E-state index contributed by atoms with van der Waals surface area (Å²) in [5.41, 5.74) is 1.74. The van der Waals surface area contributed by atoms with Crippen LogP contribution < -0.4 is 10.6 Å². The lowest BCUT2D eigenvalue weighted by Gasteiger charge is -2.22. The Morgan fingerprint density at radius 2 is 2.35 bits per heavy atom. The molecule has 1 aliphatic rings. The molecule has 0 saturated carbocycles. The van der Waals surface area contributed by atoms with Crippen LogP contribution in [0.2, 0.25) is 5.02 Å². The van der Waals surface area contributed by atoms with Crippen molar-refractivity contribution >= 4 is 23.2 Å². The van der Waals surface area contributed by atoms with Crippen LogP contribution in [0.1, 0.15) is 18.4 Å². The van der Waals surface area contributed by atoms with E-state index in [4.69, 9.17) is 11.6 Å². The van der Waals surface area contributed by atoms with E-state index in [1.807, 2.05) is 25.1 Å². The Kier molecular flexibility index (Phi) is 4.02. The highest BCUT2D eigenvalue weighted by Gasteiger charge is 2.21. The lowest BCUT2D eigenvalue weighted by Crippen LogP contribution is -2.37. The zero-order chi connectivity index (χ0) is 12.3. The average Bonchev–Trinajstić information content (AvgIpc) is 2.36. The molecule has 0 spiro atoms. The van der Waals surface area contributed by atoms with Gasteiger partial charge in [0.2, 0.25) is 5.91 Å². The zero-order valence-electron chi connectivity index (χ0n) is 9.92. The summed E-state index contributed by atoms with van der Waals surface area (Å²) in [6.45, 7) is 3.70. The summed E-state index contributed by atoms with van der Waals surface area (Å²) in [6.07, 6.45) is 2.02. The van der Waals surface area contributed by atoms with Crippen molar-refractivity contribution in [3.63, 3.8) is 0 Å². The Balaban J connectivity index is 2.04. The molecule has 0 aromatic heterocycles. The molecular weight excluding hydrogens is 236 g/mol. The summed E-state index contributed by atoms with van der Waals surface area (Å²) in [5, 5.41) is 6.88. The molecule has 3 nitrogen and oxygen atoms in total. The standard InChI is InChI=1S/C13H17ClN2O/c1-9-11(14)5-2-6-12(9)16-13(17)10-4-3-7-15-8-10/h2,5-6,10,15H,3-4,7-8H2,1H3,(H,16,17)/t10-/m0/s1. The second kappa shape index (κ2) is 5.52. The Morgan fingerprint density at radius 1 is 1.53 bits per heavy atom. The molecule has 1 saturated heterocycles. The van der Waals surface area contributed by atoms with Crippen LogP contribution in [0.4, 0.5) is 5.69 Å². The second-order valence-electron chi connectivity index (χ2n) is 4.44. The van der Waals surface area contributed by atoms with Crippen molar-refractivity contribution in [1.82, 2.24) is 5.32 Å². The van der Waals surface area contributed by atoms with Crippen LogP contribution >= 0.6 is 11.6 Å². The SMILES string of the molecule is Cc1c(Cl)cccc1NC(=O)[C@H]1CCCNC1. The van der Waals surface area contributed by atoms with Crippen molar-refractivity contribution in [3.8, 4) is 0 Å². The Labute approximate surface area is 107 Å². The number of anilines is 1. The van der Waals surface area contributed by atoms with E-state index in [-0.39, 0.29) is 11.8 Å². The van der Waals surface area contributed by atoms with Crippen LogP contribution in [0.25, 0.3) is 0 Å². The van der Waals surface area contributed by atoms with E-state index in [0.29, 0.717) is 5.02 Å². The van der Waals surface area contributed by atoms with Gasteiger partial charge in [0.25, 0.3) is 0 Å². The fourth-order valence-electron chi connectivity index (χ4n) is 2.05. The summed E-state index contributed by atoms with van der Waals surface area (Å²) >= 11 is 6.02. The minimum atomic E-state index is 0.0714. The molecule has 1 aromatic rings. The van der Waals surface area contributed by atoms with E-state index in [0.717, 1.165) is 37.2 Å². The molecule has 2 N–H and O–H groups in total. The van der Waals surface area contributed by atoms with Crippen LogP contribution in [0.5, 0.6) is 0 Å². The van der Waals surface area contributed by atoms with E-state index in [2.05, 4.69) is 10.6 Å². The van der Waals surface area contributed by atoms with Crippen molar-refractivity contribution in [2.24, 2.45) is 5.92 Å². The number of halogens is 1. The third-order valence-corrected chi connectivity index (χ3v) is 3.60. The minimum Gasteiger partial charge on any atom is -0.326 e. The Morgan fingerprint density at radius 3 is 3.06 bits per heavy atom. The number of benzene rings is 1. The van der Waals surface area contributed by atoms with Crippen LogP contribution in [0.3, 0.4) is 0 Å². The van der Waals surface area contributed by atoms with Gasteiger partial charge in [-0.05, 0) is 44.0 Å². The fraction of sp³-hybridized carbons (Fsp3) is 0.462. The number of rotatable bonds is 2. The van der Waals surface area contributed by atoms with Gasteiger partial charge >= 0.3 is 0 Å². The first kappa shape index (κ1) is 12.4. The molecular formula is C13H17ClN2O. The minimum absolute atomic E-state index is 0.0714. The Hall–Kier alpha value is -1.06. The average molecular weight is 253 g/mol. The molecule has 0 aliphatic carbocycles. The molecule has 1 atom stereocenters. The van der Waals surface area contributed by atoms with Crippen molar-refractivity contribution in [2.45, 2.75) is 19.8 Å². The molecule has 0 unspecified atom stereocenters. The highest BCUT2D eigenvalue weighted by molar-refractivity contribution is 6.31. The van der Waals surface area contributed by atoms with Gasteiger partial charge in [0.1, 0.15) is 0 Å². The van der Waals surface area contributed by atoms with E-state index in [1.54, 1.807) is 0 Å². The smallest absolute Gasteiger partial charge is 0.228 e. The maximum atomic E-state index is 12.0. The number of piperidine rings is 1. The monoisotopic (exact) mass is 252 g/mol. The number of amides is 1. The van der Waals surface area contributed by atoms with Crippen molar-refractivity contribution in [3.05, 3.63) is 28.8 Å². The van der Waals surface area contributed by atoms with Gasteiger partial charge in [0, 0.05) is 17.3 Å². The third kappa shape index (κ3) is 2.99. The molecule has 1 heterocycles. The van der Waals surface area contributed by atoms with Gasteiger partial charge in [-0.2, -0.15) is 0 Å². The van der Waals surface area contributed by atoms with Crippen molar-refractivity contribution in [1.29, 1.82) is 0 Å². The van der Waals surface area contributed by atoms with Crippen LogP contribution in [0, 0.1) is 12.8 Å². The maximum Gasteiger partial charge on any atom is 0.228 e. The van der Waals surface area contributed by atoms with Crippen molar-refractivity contribution in [2.75, 3.05) is 18.4 Å². The second-order valence-corrected chi connectivity index (χ2v) is 4.85. The predicted octanol–water partition coefficient (Wildman–Crippen LogP) is 2.59. The fourth-order valence-corrected chi connectivity index (χ4v) is 2.23. The van der Waals surface area contributed by atoms with Gasteiger partial charge in [0.15, 0.2) is 0 Å². The molecule has 0 radical (unpaired) electrons. The van der Waals surface area contributed by atoms with Crippen molar-refractivity contribution < 1.29 is 4.79 Å². The molecule has 1 aliphatic heterocycles. The summed E-state index contributed by atoms with van der Waals surface area (Å²) in [6, 6.07) is 5.56. The number of carbonyl (C=O) groups is 1. The van der Waals surface area contributed by atoms with Gasteiger partial charge in [-0.3, -0.25) is 4.79 Å². The first-order chi connectivity index (χ1) is 8.18. The van der Waals surface area contributed by atoms with Gasteiger partial charge in [-0.1, -0.05) is 17.7 Å². The van der Waals surface area contributed by atoms with Crippen LogP contribution in [-0.4, -0.2) is 19.0 Å². The first-order valence-electron chi connectivity index (χ1n) is 5.95. The number of hydrogen-bond acceptors (Lipinski definition) is 2. The highest BCUT2D eigenvalue weighted by Crippen LogP contribution is 2.24. The number of nitrogens with one attached hydrogen (secondary N) is 2. The summed E-state index contributed by atoms with van der Waals surface area (Å²) < 4.78 is 0. The quantitative estimate of drug-likeness (QED) is 0.850. The topological polar surface area (TPSA) is 41.1 Å². The van der Waals surface area contributed by atoms with Gasteiger partial charge in [-0.15, -0.1) is 0 Å². The summed E-state index contributed by atoms with van der Waals surface area (Å²) in [5.74, 6) is 0.157. The molecule has 1 aromatic carbocycles. The van der Waals surface area contributed by atoms with E-state index in [1.165, 1.54) is 0 Å². The van der Waals surface area contributed by atoms with E-state index < -0.39 is 0 Å². The van der Waals surface area contributed by atoms with Crippen LogP contribution in [-0.2, 0) is 4.79 Å². The van der Waals surface area contributed by atoms with E-state index >= 15 is 0 Å². The normalized spacial score (nSPS) is 20.0. The predicted molar refractivity (Wildman–Crippen MR) is 70.4 cm³/mol. The largest absolute Gasteiger partial charge is 0.326 e. The molecule has 1 fully saturated rings. The van der Waals surface area contributed by atoms with Gasteiger partial charge in [-0.25, -0.2) is 0 Å². The van der Waals surface area contributed by atoms with Crippen LogP contribution in [0.15, 0.2) is 18.2 Å². The zero-order valence-corrected chi connectivity index (χ0v) is 10.7. The molecule has 2 rings (SSSR count). The number of hydrogen-bond donors (Lipinski definition) is 2. The highest BCUT2D eigenvalue weighted by atomic mass is 35.5. The van der Waals surface area contributed by atoms with E-state index in [9.17, 15) is 4.79 Å². The maximum absolute atomic E-state index is 12.0. The van der Waals surface area contributed by atoms with Gasteiger partial charge < -0.3 is 10.6 Å². The molecule has 17 heavy (non-hydrogen) atoms. The lowest BCUT2D eigenvalue weighted by atomic mass is 9.98. The molecule has 4 heteroatoms. The molecule has 1 amide bonds. The first-order valence-corrected chi connectivity index (χ1v) is 6.33. The summed E-state index contributed by atoms with van der Waals surface area (Å²) in [7, 11) is 0. The third-order valence-electron chi connectivity index (χ3n) is 3.19. The number of carbonyl (C=O) groups excluding carboxylic acids is 1. The summed E-state index contributed by atoms with van der Waals surface area (Å²) in [4.78, 5) is 12.0. The molecule has 0 bridgehead atoms. The van der Waals surface area contributed by atoms with Gasteiger partial charge in [0.05, 0.1) is 5.92 Å². The molecule has 92 valence electrons. The lowest BCUT2D eigenvalue weighted by molar-refractivity contribution is -0.120.